The maximum absolute atomic E-state index is 4.46. The van der Waals surface area contributed by atoms with Gasteiger partial charge in [-0.05, 0) is 13.3 Å². The molecule has 0 saturated heterocycles. The monoisotopic (exact) mass is 269 g/mol. The molecule has 1 N–H and O–H groups in total. The van der Waals surface area contributed by atoms with Crippen LogP contribution in [0.5, 0.6) is 0 Å². The van der Waals surface area contributed by atoms with E-state index < -0.39 is 0 Å². The average molecular weight is 269 g/mol. The Morgan fingerprint density at radius 1 is 1.20 bits per heavy atom. The number of hydrogen-bond acceptors (Lipinski definition) is 6. The molecule has 3 rings (SSSR count). The predicted molar refractivity (Wildman–Crippen MR) is 75.8 cm³/mol. The maximum atomic E-state index is 4.46. The van der Waals surface area contributed by atoms with Crippen molar-refractivity contribution in [1.29, 1.82) is 0 Å². The highest BCUT2D eigenvalue weighted by atomic mass is 15.3. The Bertz CT molecular complexity index is 720. The third-order valence-corrected chi connectivity index (χ3v) is 2.85. The summed E-state index contributed by atoms with van der Waals surface area (Å²) < 4.78 is 1.67. The summed E-state index contributed by atoms with van der Waals surface area (Å²) in [6.45, 7) is 4.84. The van der Waals surface area contributed by atoms with E-state index >= 15 is 0 Å². The molecular weight excluding hydrogens is 254 g/mol. The van der Waals surface area contributed by atoms with Gasteiger partial charge in [0, 0.05) is 18.9 Å². The van der Waals surface area contributed by atoms with E-state index in [1.807, 2.05) is 6.92 Å². The quantitative estimate of drug-likeness (QED) is 0.777. The minimum Gasteiger partial charge on any atom is -0.369 e. The number of nitrogens with zero attached hydrogens (tertiary/aromatic N) is 6. The molecule has 0 amide bonds. The molecule has 0 aromatic carbocycles. The van der Waals surface area contributed by atoms with Crippen molar-refractivity contribution in [3.63, 3.8) is 0 Å². The van der Waals surface area contributed by atoms with Gasteiger partial charge < -0.3 is 5.32 Å². The van der Waals surface area contributed by atoms with Crippen LogP contribution >= 0.6 is 0 Å². The first-order valence-electron chi connectivity index (χ1n) is 6.52. The summed E-state index contributed by atoms with van der Waals surface area (Å²) >= 11 is 0. The summed E-state index contributed by atoms with van der Waals surface area (Å²) in [7, 11) is 0. The van der Waals surface area contributed by atoms with Crippen molar-refractivity contribution in [2.75, 3.05) is 11.9 Å². The molecule has 0 aliphatic carbocycles. The fourth-order valence-corrected chi connectivity index (χ4v) is 1.96. The van der Waals surface area contributed by atoms with E-state index in [1.165, 1.54) is 0 Å². The molecule has 7 nitrogen and oxygen atoms in total. The fourth-order valence-electron chi connectivity index (χ4n) is 1.96. The number of anilines is 1. The average Bonchev–Trinajstić information content (AvgIpc) is 2.89. The molecule has 20 heavy (non-hydrogen) atoms. The Balaban J connectivity index is 2.15. The molecule has 0 radical (unpaired) electrons. The zero-order valence-electron chi connectivity index (χ0n) is 11.4. The van der Waals surface area contributed by atoms with Gasteiger partial charge in [-0.1, -0.05) is 6.92 Å². The largest absolute Gasteiger partial charge is 0.369 e. The Morgan fingerprint density at radius 3 is 2.85 bits per heavy atom. The van der Waals surface area contributed by atoms with Gasteiger partial charge in [0.2, 0.25) is 0 Å². The van der Waals surface area contributed by atoms with Gasteiger partial charge in [0.25, 0.3) is 0 Å². The third-order valence-electron chi connectivity index (χ3n) is 2.85. The van der Waals surface area contributed by atoms with Gasteiger partial charge in [0.1, 0.15) is 11.6 Å². The molecule has 7 heteroatoms. The van der Waals surface area contributed by atoms with Gasteiger partial charge in [-0.2, -0.15) is 9.78 Å². The molecule has 0 atom stereocenters. The van der Waals surface area contributed by atoms with Crippen molar-refractivity contribution >= 4 is 16.9 Å². The summed E-state index contributed by atoms with van der Waals surface area (Å²) in [5.41, 5.74) is 0.733. The van der Waals surface area contributed by atoms with Crippen molar-refractivity contribution < 1.29 is 0 Å². The number of aromatic nitrogens is 6. The first kappa shape index (κ1) is 12.5. The number of nitrogens with one attached hydrogen (secondary N) is 1. The second-order valence-electron chi connectivity index (χ2n) is 4.40. The van der Waals surface area contributed by atoms with E-state index in [0.29, 0.717) is 11.6 Å². The van der Waals surface area contributed by atoms with Gasteiger partial charge in [-0.15, -0.1) is 0 Å². The van der Waals surface area contributed by atoms with Gasteiger partial charge in [0.05, 0.1) is 17.8 Å². The Morgan fingerprint density at radius 2 is 2.10 bits per heavy atom. The molecule has 0 unspecified atom stereocenters. The lowest BCUT2D eigenvalue weighted by atomic mass is 10.3. The number of fused-ring (bicyclic) bond motifs is 1. The van der Waals surface area contributed by atoms with Gasteiger partial charge in [-0.25, -0.2) is 15.0 Å². The first-order valence-corrected chi connectivity index (χ1v) is 6.52. The Kier molecular flexibility index (Phi) is 3.24. The van der Waals surface area contributed by atoms with Crippen LogP contribution in [0.4, 0.5) is 5.82 Å². The Labute approximate surface area is 116 Å². The molecule has 0 spiro atoms. The van der Waals surface area contributed by atoms with Gasteiger partial charge in [-0.3, -0.25) is 4.98 Å². The molecule has 0 bridgehead atoms. The van der Waals surface area contributed by atoms with Crippen molar-refractivity contribution in [3.05, 3.63) is 30.6 Å². The highest BCUT2D eigenvalue weighted by Crippen LogP contribution is 2.21. The van der Waals surface area contributed by atoms with Crippen molar-refractivity contribution in [2.24, 2.45) is 0 Å². The van der Waals surface area contributed by atoms with Crippen LogP contribution in [0, 0.1) is 6.92 Å². The predicted octanol–water partition coefficient (Wildman–Crippen LogP) is 1.74. The van der Waals surface area contributed by atoms with Crippen molar-refractivity contribution in [3.8, 4) is 5.82 Å². The van der Waals surface area contributed by atoms with E-state index in [-0.39, 0.29) is 0 Å². The molecule has 102 valence electrons. The first-order chi connectivity index (χ1) is 9.79. The second kappa shape index (κ2) is 5.20. The molecule has 0 aliphatic heterocycles. The molecule has 0 fully saturated rings. The van der Waals surface area contributed by atoms with E-state index in [4.69, 9.17) is 0 Å². The van der Waals surface area contributed by atoms with Crippen LogP contribution in [0.15, 0.2) is 24.8 Å². The second-order valence-corrected chi connectivity index (χ2v) is 4.40. The van der Waals surface area contributed by atoms with Crippen LogP contribution in [-0.2, 0) is 0 Å². The SMILES string of the molecule is CCCNc1nc(C)nc2c1cnn2-c1cnccn1. The number of hydrogen-bond donors (Lipinski definition) is 1. The lowest BCUT2D eigenvalue weighted by molar-refractivity contribution is 0.848. The van der Waals surface area contributed by atoms with Crippen molar-refractivity contribution in [1.82, 2.24) is 29.7 Å². The van der Waals surface area contributed by atoms with E-state index in [2.05, 4.69) is 37.3 Å². The van der Waals surface area contributed by atoms with Gasteiger partial charge >= 0.3 is 0 Å². The molecule has 3 aromatic heterocycles. The lowest BCUT2D eigenvalue weighted by Gasteiger charge is -2.06. The normalized spacial score (nSPS) is 10.9. The molecular formula is C13H15N7. The summed E-state index contributed by atoms with van der Waals surface area (Å²) in [4.78, 5) is 17.2. The smallest absolute Gasteiger partial charge is 0.174 e. The third kappa shape index (κ3) is 2.18. The van der Waals surface area contributed by atoms with Crippen LogP contribution in [0.25, 0.3) is 16.9 Å². The number of rotatable bonds is 4. The van der Waals surface area contributed by atoms with Crippen LogP contribution < -0.4 is 5.32 Å². The van der Waals surface area contributed by atoms with Crippen LogP contribution in [0.2, 0.25) is 0 Å². The number of aryl methyl sites for hydroxylation is 1. The molecule has 3 aromatic rings. The van der Waals surface area contributed by atoms with Crippen LogP contribution in [-0.4, -0.2) is 36.3 Å². The lowest BCUT2D eigenvalue weighted by Crippen LogP contribution is -2.06. The van der Waals surface area contributed by atoms with E-state index in [0.717, 1.165) is 29.8 Å². The molecule has 3 heterocycles. The summed E-state index contributed by atoms with van der Waals surface area (Å²) in [5.74, 6) is 2.15. The summed E-state index contributed by atoms with van der Waals surface area (Å²) in [6.07, 6.45) is 7.70. The highest BCUT2D eigenvalue weighted by Gasteiger charge is 2.12. The highest BCUT2D eigenvalue weighted by molar-refractivity contribution is 5.87. The van der Waals surface area contributed by atoms with E-state index in [1.54, 1.807) is 29.5 Å². The molecule has 0 aliphatic rings. The van der Waals surface area contributed by atoms with E-state index in [9.17, 15) is 0 Å². The summed E-state index contributed by atoms with van der Waals surface area (Å²) in [5, 5.41) is 8.53. The Hall–Kier alpha value is -2.57. The van der Waals surface area contributed by atoms with Crippen molar-refractivity contribution in [2.45, 2.75) is 20.3 Å². The van der Waals surface area contributed by atoms with Crippen LogP contribution in [0.1, 0.15) is 19.2 Å². The fraction of sp³-hybridized carbons (Fsp3) is 0.308. The molecule has 0 saturated carbocycles. The zero-order valence-corrected chi connectivity index (χ0v) is 11.4. The minimum atomic E-state index is 0.641. The summed E-state index contributed by atoms with van der Waals surface area (Å²) in [6, 6.07) is 0. The minimum absolute atomic E-state index is 0.641. The van der Waals surface area contributed by atoms with Gasteiger partial charge in [0.15, 0.2) is 11.5 Å². The zero-order chi connectivity index (χ0) is 13.9. The maximum Gasteiger partial charge on any atom is 0.174 e. The standard InChI is InChI=1S/C13H15N7/c1-3-4-16-12-10-7-17-20(11-8-14-5-6-15-11)13(10)19-9(2)18-12/h5-8H,3-4H2,1-2H3,(H,16,18,19). The van der Waals surface area contributed by atoms with Crippen LogP contribution in [0.3, 0.4) is 0 Å². The topological polar surface area (TPSA) is 81.4 Å².